The molecule has 1 aromatic heterocycles. The van der Waals surface area contributed by atoms with Crippen LogP contribution in [0.1, 0.15) is 17.4 Å². The minimum atomic E-state index is -1.25. The van der Waals surface area contributed by atoms with Crippen molar-refractivity contribution >= 4 is 35.2 Å². The number of hydrogen-bond acceptors (Lipinski definition) is 6. The molecule has 4 amide bonds. The van der Waals surface area contributed by atoms with E-state index in [2.05, 4.69) is 10.6 Å². The van der Waals surface area contributed by atoms with Gasteiger partial charge in [-0.05, 0) is 30.4 Å². The molecular weight excluding hydrogens is 394 g/mol. The second kappa shape index (κ2) is 8.87. The molecule has 2 aromatic rings. The summed E-state index contributed by atoms with van der Waals surface area (Å²) in [5.41, 5.74) is -0.642. The van der Waals surface area contributed by atoms with Gasteiger partial charge in [0.15, 0.2) is 6.61 Å². The molecule has 8 nitrogen and oxygen atoms in total. The highest BCUT2D eigenvalue weighted by molar-refractivity contribution is 7.09. The lowest BCUT2D eigenvalue weighted by Crippen LogP contribution is -2.42. The number of nitrogens with zero attached hydrogens (tertiary/aromatic N) is 1. The van der Waals surface area contributed by atoms with Gasteiger partial charge in [0, 0.05) is 11.4 Å². The third-order valence-corrected chi connectivity index (χ3v) is 5.49. The Morgan fingerprint density at radius 1 is 1.17 bits per heavy atom. The van der Waals surface area contributed by atoms with Gasteiger partial charge in [-0.15, -0.1) is 11.3 Å². The van der Waals surface area contributed by atoms with Crippen molar-refractivity contribution in [2.45, 2.75) is 18.9 Å². The molecule has 0 aliphatic carbocycles. The smallest absolute Gasteiger partial charge is 0.326 e. The van der Waals surface area contributed by atoms with Crippen LogP contribution in [0.3, 0.4) is 0 Å². The van der Waals surface area contributed by atoms with E-state index in [0.717, 1.165) is 9.78 Å². The number of thiophene rings is 1. The maximum Gasteiger partial charge on any atom is 0.326 e. The summed E-state index contributed by atoms with van der Waals surface area (Å²) >= 11 is 1.60. The van der Waals surface area contributed by atoms with Gasteiger partial charge in [0.05, 0.1) is 0 Å². The van der Waals surface area contributed by atoms with E-state index in [0.29, 0.717) is 18.5 Å². The Morgan fingerprint density at radius 3 is 2.62 bits per heavy atom. The summed E-state index contributed by atoms with van der Waals surface area (Å²) in [6.45, 7) is 0.979. The van der Waals surface area contributed by atoms with E-state index < -0.39 is 42.5 Å². The standard InChI is InChI=1S/C20H21N3O5S/c1-20(14-6-3-2-4-7-14)18(26)23(19(27)22-20)12-17(25)28-13-16(24)21-10-9-15-8-5-11-29-15/h2-8,11H,9-10,12-13H2,1H3,(H,21,24)(H,22,27)/t20-/m1/s1. The predicted octanol–water partition coefficient (Wildman–Crippen LogP) is 1.42. The van der Waals surface area contributed by atoms with Crippen molar-refractivity contribution in [1.29, 1.82) is 0 Å². The second-order valence-corrected chi connectivity index (χ2v) is 7.68. The Hall–Kier alpha value is -3.20. The Morgan fingerprint density at radius 2 is 1.93 bits per heavy atom. The number of rotatable bonds is 8. The normalized spacial score (nSPS) is 18.4. The quantitative estimate of drug-likeness (QED) is 0.501. The minimum absolute atomic E-state index is 0.430. The first-order valence-corrected chi connectivity index (χ1v) is 9.92. The number of carbonyl (C=O) groups is 4. The van der Waals surface area contributed by atoms with Crippen molar-refractivity contribution in [3.8, 4) is 0 Å². The predicted molar refractivity (Wildman–Crippen MR) is 106 cm³/mol. The summed E-state index contributed by atoms with van der Waals surface area (Å²) in [7, 11) is 0. The van der Waals surface area contributed by atoms with Gasteiger partial charge in [-0.2, -0.15) is 0 Å². The molecule has 1 aliphatic heterocycles. The van der Waals surface area contributed by atoms with Crippen LogP contribution >= 0.6 is 11.3 Å². The Labute approximate surface area is 171 Å². The summed E-state index contributed by atoms with van der Waals surface area (Å²) in [4.78, 5) is 50.7. The number of imide groups is 1. The molecule has 3 rings (SSSR count). The van der Waals surface area contributed by atoms with Gasteiger partial charge in [0.1, 0.15) is 12.1 Å². The van der Waals surface area contributed by atoms with Crippen molar-refractivity contribution in [1.82, 2.24) is 15.5 Å². The van der Waals surface area contributed by atoms with Crippen molar-refractivity contribution < 1.29 is 23.9 Å². The second-order valence-electron chi connectivity index (χ2n) is 6.65. The summed E-state index contributed by atoms with van der Waals surface area (Å²) in [5.74, 6) is -1.83. The lowest BCUT2D eigenvalue weighted by Gasteiger charge is -2.21. The fourth-order valence-electron chi connectivity index (χ4n) is 2.96. The average Bonchev–Trinajstić information content (AvgIpc) is 3.30. The van der Waals surface area contributed by atoms with Crippen molar-refractivity contribution in [2.24, 2.45) is 0 Å². The first-order chi connectivity index (χ1) is 13.9. The molecule has 2 N–H and O–H groups in total. The average molecular weight is 415 g/mol. The van der Waals surface area contributed by atoms with E-state index in [1.165, 1.54) is 0 Å². The van der Waals surface area contributed by atoms with E-state index >= 15 is 0 Å². The molecule has 9 heteroatoms. The lowest BCUT2D eigenvalue weighted by molar-refractivity contribution is -0.151. The fraction of sp³-hybridized carbons (Fsp3) is 0.300. The third kappa shape index (κ3) is 4.80. The Bertz CT molecular complexity index is 900. The van der Waals surface area contributed by atoms with Gasteiger partial charge >= 0.3 is 12.0 Å². The maximum absolute atomic E-state index is 12.7. The SMILES string of the molecule is C[C@]1(c2ccccc2)NC(=O)N(CC(=O)OCC(=O)NCCc2cccs2)C1=O. The van der Waals surface area contributed by atoms with Crippen LogP contribution in [0, 0.1) is 0 Å². The number of hydrogen-bond donors (Lipinski definition) is 2. The molecule has 2 heterocycles. The van der Waals surface area contributed by atoms with Gasteiger partial charge in [-0.3, -0.25) is 19.3 Å². The summed E-state index contributed by atoms with van der Waals surface area (Å²) in [5, 5.41) is 7.22. The third-order valence-electron chi connectivity index (χ3n) is 4.55. The number of carbonyl (C=O) groups excluding carboxylic acids is 4. The fourth-order valence-corrected chi connectivity index (χ4v) is 3.67. The molecule has 29 heavy (non-hydrogen) atoms. The zero-order chi connectivity index (χ0) is 20.9. The van der Waals surface area contributed by atoms with Crippen molar-refractivity contribution in [3.63, 3.8) is 0 Å². The van der Waals surface area contributed by atoms with E-state index in [1.807, 2.05) is 17.5 Å². The van der Waals surface area contributed by atoms with Crippen molar-refractivity contribution in [2.75, 3.05) is 19.7 Å². The van der Waals surface area contributed by atoms with Crippen LogP contribution in [0.15, 0.2) is 47.8 Å². The van der Waals surface area contributed by atoms with Crippen LogP contribution in [-0.4, -0.2) is 48.4 Å². The van der Waals surface area contributed by atoms with Crippen LogP contribution in [0.2, 0.25) is 0 Å². The van der Waals surface area contributed by atoms with Gasteiger partial charge in [-0.1, -0.05) is 36.4 Å². The molecule has 1 atom stereocenters. The van der Waals surface area contributed by atoms with E-state index in [-0.39, 0.29) is 0 Å². The molecular formula is C20H21N3O5S. The molecule has 152 valence electrons. The van der Waals surface area contributed by atoms with E-state index in [9.17, 15) is 19.2 Å². The highest BCUT2D eigenvalue weighted by atomic mass is 32.1. The summed E-state index contributed by atoms with van der Waals surface area (Å²) < 4.78 is 4.90. The topological polar surface area (TPSA) is 105 Å². The molecule has 0 spiro atoms. The monoisotopic (exact) mass is 415 g/mol. The Kier molecular flexibility index (Phi) is 6.28. The Balaban J connectivity index is 1.47. The minimum Gasteiger partial charge on any atom is -0.454 e. The number of ether oxygens (including phenoxy) is 1. The molecule has 1 aromatic carbocycles. The van der Waals surface area contributed by atoms with E-state index in [1.54, 1.807) is 48.6 Å². The lowest BCUT2D eigenvalue weighted by atomic mass is 9.92. The molecule has 1 fully saturated rings. The number of benzene rings is 1. The largest absolute Gasteiger partial charge is 0.454 e. The number of amides is 4. The summed E-state index contributed by atoms with van der Waals surface area (Å²) in [6.07, 6.45) is 0.692. The zero-order valence-electron chi connectivity index (χ0n) is 15.8. The van der Waals surface area contributed by atoms with Crippen LogP contribution in [0.4, 0.5) is 4.79 Å². The molecule has 0 radical (unpaired) electrons. The number of nitrogens with one attached hydrogen (secondary N) is 2. The van der Waals surface area contributed by atoms with E-state index in [4.69, 9.17) is 4.74 Å². The molecule has 0 saturated carbocycles. The maximum atomic E-state index is 12.7. The highest BCUT2D eigenvalue weighted by Crippen LogP contribution is 2.28. The molecule has 0 unspecified atom stereocenters. The first kappa shape index (κ1) is 20.5. The zero-order valence-corrected chi connectivity index (χ0v) is 16.7. The van der Waals surface area contributed by atoms with Crippen LogP contribution in [0.25, 0.3) is 0 Å². The molecule has 1 saturated heterocycles. The molecule has 0 bridgehead atoms. The van der Waals surface area contributed by atoms with Crippen LogP contribution in [0.5, 0.6) is 0 Å². The van der Waals surface area contributed by atoms with Crippen molar-refractivity contribution in [3.05, 3.63) is 58.3 Å². The summed E-state index contributed by atoms with van der Waals surface area (Å²) in [6, 6.07) is 12.0. The van der Waals surface area contributed by atoms with Crippen LogP contribution < -0.4 is 10.6 Å². The highest BCUT2D eigenvalue weighted by Gasteiger charge is 2.49. The van der Waals surface area contributed by atoms with Gasteiger partial charge < -0.3 is 15.4 Å². The van der Waals surface area contributed by atoms with Gasteiger partial charge in [-0.25, -0.2) is 4.79 Å². The molecule has 1 aliphatic rings. The number of urea groups is 1. The van der Waals surface area contributed by atoms with Crippen LogP contribution in [-0.2, 0) is 31.1 Å². The van der Waals surface area contributed by atoms with Gasteiger partial charge in [0.2, 0.25) is 0 Å². The number of esters is 1. The first-order valence-electron chi connectivity index (χ1n) is 9.04. The van der Waals surface area contributed by atoms with Gasteiger partial charge in [0.25, 0.3) is 11.8 Å².